The Morgan fingerprint density at radius 3 is 2.79 bits per heavy atom. The molecule has 0 aromatic carbocycles. The van der Waals surface area contributed by atoms with Gasteiger partial charge in [0.1, 0.15) is 30.1 Å². The lowest BCUT2D eigenvalue weighted by Crippen LogP contribution is -2.48. The van der Waals surface area contributed by atoms with Gasteiger partial charge in [0.2, 0.25) is 6.41 Å². The van der Waals surface area contributed by atoms with Crippen LogP contribution in [0.25, 0.3) is 0 Å². The van der Waals surface area contributed by atoms with Crippen molar-refractivity contribution in [2.75, 3.05) is 31.6 Å². The number of nitrogens with one attached hydrogen (secondary N) is 3. The Bertz CT molecular complexity index is 1010. The molecule has 0 aliphatic carbocycles. The first-order valence-electron chi connectivity index (χ1n) is 11.4. The number of aromatic amines is 1. The highest BCUT2D eigenvalue weighted by atomic mass is 16.6. The molecule has 0 bridgehead atoms. The van der Waals surface area contributed by atoms with E-state index in [1.165, 1.54) is 4.90 Å². The lowest BCUT2D eigenvalue weighted by Gasteiger charge is -2.34. The van der Waals surface area contributed by atoms with Crippen molar-refractivity contribution in [1.82, 2.24) is 25.6 Å². The third-order valence-corrected chi connectivity index (χ3v) is 5.82. The molecule has 3 aliphatic heterocycles. The average Bonchev–Trinajstić information content (AvgIpc) is 3.45. The summed E-state index contributed by atoms with van der Waals surface area (Å²) in [6.07, 6.45) is 7.12. The van der Waals surface area contributed by atoms with Crippen molar-refractivity contribution < 1.29 is 23.9 Å². The normalized spacial score (nSPS) is 22.2. The SMILES string of the molecule is CNNC1C=C(N2CCOc3cc(C(=O)N4CCCC4C(=O)OC(C)(C)C)[nH]c32)C=CN1C=O. The molecule has 1 saturated heterocycles. The number of esters is 1. The van der Waals surface area contributed by atoms with Gasteiger partial charge in [0.25, 0.3) is 5.91 Å². The van der Waals surface area contributed by atoms with E-state index in [0.29, 0.717) is 43.4 Å². The number of hydrogen-bond acceptors (Lipinski definition) is 8. The molecule has 3 N–H and O–H groups in total. The first-order chi connectivity index (χ1) is 16.2. The lowest BCUT2D eigenvalue weighted by atomic mass is 10.1. The summed E-state index contributed by atoms with van der Waals surface area (Å²) in [5.41, 5.74) is 6.46. The molecule has 4 heterocycles. The molecule has 2 atom stereocenters. The molecule has 0 radical (unpaired) electrons. The highest BCUT2D eigenvalue weighted by molar-refractivity contribution is 5.97. The first-order valence-corrected chi connectivity index (χ1v) is 11.4. The van der Waals surface area contributed by atoms with Gasteiger partial charge in [-0.3, -0.25) is 15.0 Å². The fourth-order valence-corrected chi connectivity index (χ4v) is 4.35. The van der Waals surface area contributed by atoms with Crippen molar-refractivity contribution >= 4 is 24.1 Å². The molecule has 11 heteroatoms. The van der Waals surface area contributed by atoms with Gasteiger partial charge in [-0.15, -0.1) is 0 Å². The molecular formula is C23H32N6O5. The third kappa shape index (κ3) is 4.80. The van der Waals surface area contributed by atoms with Gasteiger partial charge in [0, 0.05) is 24.5 Å². The number of carbonyl (C=O) groups excluding carboxylic acids is 3. The molecule has 1 aromatic rings. The van der Waals surface area contributed by atoms with E-state index in [0.717, 1.165) is 18.5 Å². The van der Waals surface area contributed by atoms with Crippen LogP contribution in [-0.4, -0.2) is 77.6 Å². The number of carbonyl (C=O) groups is 3. The summed E-state index contributed by atoms with van der Waals surface area (Å²) >= 11 is 0. The van der Waals surface area contributed by atoms with Crippen LogP contribution < -0.4 is 20.5 Å². The Kier molecular flexibility index (Phi) is 6.67. The zero-order valence-corrected chi connectivity index (χ0v) is 20.0. The average molecular weight is 473 g/mol. The predicted molar refractivity (Wildman–Crippen MR) is 125 cm³/mol. The van der Waals surface area contributed by atoms with Crippen LogP contribution in [0.1, 0.15) is 44.1 Å². The van der Waals surface area contributed by atoms with Gasteiger partial charge in [0.05, 0.1) is 6.54 Å². The summed E-state index contributed by atoms with van der Waals surface area (Å²) in [5.74, 6) is 0.573. The number of ether oxygens (including phenoxy) is 2. The number of amides is 2. The van der Waals surface area contributed by atoms with Gasteiger partial charge in [-0.25, -0.2) is 10.2 Å². The number of hydrogen-bond donors (Lipinski definition) is 3. The number of allylic oxidation sites excluding steroid dienone is 1. The number of aromatic nitrogens is 1. The molecular weight excluding hydrogens is 440 g/mol. The molecule has 184 valence electrons. The van der Waals surface area contributed by atoms with Crippen molar-refractivity contribution in [1.29, 1.82) is 0 Å². The summed E-state index contributed by atoms with van der Waals surface area (Å²) in [6.45, 7) is 6.94. The highest BCUT2D eigenvalue weighted by Crippen LogP contribution is 2.36. The van der Waals surface area contributed by atoms with Crippen molar-refractivity contribution in [3.05, 3.63) is 35.8 Å². The van der Waals surface area contributed by atoms with Crippen molar-refractivity contribution in [2.45, 2.75) is 51.4 Å². The van der Waals surface area contributed by atoms with Gasteiger partial charge in [-0.2, -0.15) is 0 Å². The minimum Gasteiger partial charge on any atom is -0.488 e. The van der Waals surface area contributed by atoms with E-state index in [4.69, 9.17) is 9.47 Å². The second kappa shape index (κ2) is 9.51. The fraction of sp³-hybridized carbons (Fsp3) is 0.522. The van der Waals surface area contributed by atoms with Crippen LogP contribution in [0.5, 0.6) is 5.75 Å². The topological polar surface area (TPSA) is 119 Å². The van der Waals surface area contributed by atoms with E-state index >= 15 is 0 Å². The van der Waals surface area contributed by atoms with Crippen LogP contribution in [0.2, 0.25) is 0 Å². The molecule has 34 heavy (non-hydrogen) atoms. The molecule has 4 rings (SSSR count). The lowest BCUT2D eigenvalue weighted by molar-refractivity contribution is -0.159. The summed E-state index contributed by atoms with van der Waals surface area (Å²) in [6, 6.07) is 1.08. The number of hydrazine groups is 1. The molecule has 3 aliphatic rings. The van der Waals surface area contributed by atoms with E-state index in [9.17, 15) is 14.4 Å². The summed E-state index contributed by atoms with van der Waals surface area (Å²) in [4.78, 5) is 45.7. The monoisotopic (exact) mass is 472 g/mol. The molecule has 1 fully saturated rings. The maximum atomic E-state index is 13.4. The highest BCUT2D eigenvalue weighted by Gasteiger charge is 2.38. The Morgan fingerprint density at radius 2 is 2.09 bits per heavy atom. The molecule has 1 aromatic heterocycles. The number of H-pyrrole nitrogens is 1. The van der Waals surface area contributed by atoms with Crippen LogP contribution in [0.15, 0.2) is 30.1 Å². The Balaban J connectivity index is 1.56. The van der Waals surface area contributed by atoms with Gasteiger partial charge >= 0.3 is 5.97 Å². The van der Waals surface area contributed by atoms with Crippen LogP contribution in [-0.2, 0) is 14.3 Å². The van der Waals surface area contributed by atoms with E-state index in [1.54, 1.807) is 24.2 Å². The second-order valence-corrected chi connectivity index (χ2v) is 9.39. The first kappa shape index (κ1) is 23.8. The Labute approximate surface area is 198 Å². The largest absolute Gasteiger partial charge is 0.488 e. The summed E-state index contributed by atoms with van der Waals surface area (Å²) < 4.78 is 11.3. The van der Waals surface area contributed by atoms with Crippen LogP contribution in [0.3, 0.4) is 0 Å². The summed E-state index contributed by atoms with van der Waals surface area (Å²) in [7, 11) is 1.73. The van der Waals surface area contributed by atoms with Gasteiger partial charge in [-0.05, 0) is 52.8 Å². The molecule has 11 nitrogen and oxygen atoms in total. The van der Waals surface area contributed by atoms with Crippen LogP contribution in [0, 0.1) is 0 Å². The third-order valence-electron chi connectivity index (χ3n) is 5.82. The quantitative estimate of drug-likeness (QED) is 0.320. The van der Waals surface area contributed by atoms with Gasteiger partial charge in [0.15, 0.2) is 11.6 Å². The number of anilines is 1. The number of rotatable bonds is 6. The maximum Gasteiger partial charge on any atom is 0.329 e. The predicted octanol–water partition coefficient (Wildman–Crippen LogP) is 1.08. The minimum atomic E-state index is -0.616. The van der Waals surface area contributed by atoms with Crippen molar-refractivity contribution in [3.8, 4) is 5.75 Å². The van der Waals surface area contributed by atoms with Crippen LogP contribution >= 0.6 is 0 Å². The molecule has 0 spiro atoms. The smallest absolute Gasteiger partial charge is 0.329 e. The van der Waals surface area contributed by atoms with Gasteiger partial charge < -0.3 is 29.2 Å². The molecule has 0 saturated carbocycles. The standard InChI is InChI=1S/C23H32N6O5/c1-23(2,3)34-22(32)17-6-5-8-29(17)21(31)16-13-18-20(25-16)28(10-11-33-18)15-7-9-27(14-30)19(12-15)26-24-4/h7,9,12-14,17,19,24-26H,5-6,8,10-11H2,1-4H3. The van der Waals surface area contributed by atoms with E-state index in [1.807, 2.05) is 37.8 Å². The minimum absolute atomic E-state index is 0.263. The Morgan fingerprint density at radius 1 is 1.29 bits per heavy atom. The fourth-order valence-electron chi connectivity index (χ4n) is 4.35. The van der Waals surface area contributed by atoms with Crippen molar-refractivity contribution in [3.63, 3.8) is 0 Å². The number of nitrogens with zero attached hydrogens (tertiary/aromatic N) is 3. The van der Waals surface area contributed by atoms with Gasteiger partial charge in [-0.1, -0.05) is 0 Å². The number of likely N-dealkylation sites (tertiary alicyclic amines) is 1. The summed E-state index contributed by atoms with van der Waals surface area (Å²) in [5, 5.41) is 0. The van der Waals surface area contributed by atoms with E-state index < -0.39 is 11.6 Å². The molecule has 2 unspecified atom stereocenters. The second-order valence-electron chi connectivity index (χ2n) is 9.39. The van der Waals surface area contributed by atoms with Crippen molar-refractivity contribution in [2.24, 2.45) is 0 Å². The maximum absolute atomic E-state index is 13.4. The van der Waals surface area contributed by atoms with E-state index in [2.05, 4.69) is 15.8 Å². The zero-order chi connectivity index (χ0) is 24.5. The Hall–Kier alpha value is -3.31. The molecule has 2 amide bonds. The zero-order valence-electron chi connectivity index (χ0n) is 20.0. The van der Waals surface area contributed by atoms with Crippen LogP contribution in [0.4, 0.5) is 5.82 Å². The van der Waals surface area contributed by atoms with E-state index in [-0.39, 0.29) is 18.0 Å². The number of fused-ring (bicyclic) bond motifs is 1.